The minimum Gasteiger partial charge on any atom is -0.461 e. The van der Waals surface area contributed by atoms with Crippen molar-refractivity contribution in [1.29, 1.82) is 0 Å². The van der Waals surface area contributed by atoms with Crippen LogP contribution in [0.3, 0.4) is 0 Å². The molecule has 0 spiro atoms. The number of hydrogen-bond acceptors (Lipinski definition) is 9. The highest BCUT2D eigenvalue weighted by Gasteiger charge is 2.67. The van der Waals surface area contributed by atoms with Crippen molar-refractivity contribution in [2.45, 2.75) is 12.1 Å². The van der Waals surface area contributed by atoms with Gasteiger partial charge in [-0.1, -0.05) is 13.2 Å². The molecular formula is C20H35N4O9Si+. The van der Waals surface area contributed by atoms with E-state index in [1.165, 1.54) is 21.3 Å². The van der Waals surface area contributed by atoms with Gasteiger partial charge in [-0.25, -0.2) is 23.7 Å². The lowest BCUT2D eigenvalue weighted by molar-refractivity contribution is -0.906. The van der Waals surface area contributed by atoms with Crippen LogP contribution in [0.25, 0.3) is 0 Å². The number of rotatable bonds is 15. The van der Waals surface area contributed by atoms with Gasteiger partial charge in [-0.3, -0.25) is 0 Å². The fraction of sp³-hybridized carbons (Fsp3) is 0.600. The second kappa shape index (κ2) is 14.5. The number of ether oxygens (including phenoxy) is 2. The van der Waals surface area contributed by atoms with E-state index in [1.54, 1.807) is 0 Å². The molecule has 1 aliphatic rings. The Labute approximate surface area is 200 Å². The smallest absolute Gasteiger partial charge is 0.461 e. The molecular weight excluding hydrogens is 468 g/mol. The van der Waals surface area contributed by atoms with Gasteiger partial charge in [0.05, 0.1) is 32.6 Å². The summed E-state index contributed by atoms with van der Waals surface area (Å²) in [5, 5.41) is 8.01. The molecule has 4 amide bonds. The largest absolute Gasteiger partial charge is 0.562 e. The first-order valence-corrected chi connectivity index (χ1v) is 12.5. The summed E-state index contributed by atoms with van der Waals surface area (Å²) in [7, 11) is 1.23. The molecule has 34 heavy (non-hydrogen) atoms. The van der Waals surface area contributed by atoms with E-state index in [0.717, 1.165) is 12.2 Å². The van der Waals surface area contributed by atoms with Crippen molar-refractivity contribution in [2.75, 3.05) is 67.3 Å². The molecule has 0 aliphatic carbocycles. The molecule has 1 saturated heterocycles. The van der Waals surface area contributed by atoms with Gasteiger partial charge in [0.2, 0.25) is 0 Å². The second-order valence-corrected chi connectivity index (χ2v) is 10.3. The van der Waals surface area contributed by atoms with E-state index in [4.69, 9.17) is 22.8 Å². The number of hydrogen-bond donors (Lipinski definition) is 3. The monoisotopic (exact) mass is 503 g/mol. The molecule has 14 heteroatoms. The predicted molar refractivity (Wildman–Crippen MR) is 122 cm³/mol. The summed E-state index contributed by atoms with van der Waals surface area (Å²) >= 11 is 0. The Kier molecular flexibility index (Phi) is 12.5. The summed E-state index contributed by atoms with van der Waals surface area (Å²) < 4.78 is 26.4. The third-order valence-corrected chi connectivity index (χ3v) is 8.75. The highest BCUT2D eigenvalue weighted by molar-refractivity contribution is 6.62. The van der Waals surface area contributed by atoms with Crippen molar-refractivity contribution < 1.29 is 46.4 Å². The van der Waals surface area contributed by atoms with Crippen molar-refractivity contribution in [3.63, 3.8) is 0 Å². The highest BCUT2D eigenvalue weighted by Crippen LogP contribution is 2.36. The number of carbonyl (C=O) groups is 4. The summed E-state index contributed by atoms with van der Waals surface area (Å²) in [6.07, 6.45) is 2.70. The maximum atomic E-state index is 13.2. The van der Waals surface area contributed by atoms with E-state index in [-0.39, 0.29) is 55.6 Å². The van der Waals surface area contributed by atoms with Crippen LogP contribution in [0.5, 0.6) is 0 Å². The molecule has 192 valence electrons. The van der Waals surface area contributed by atoms with Crippen LogP contribution in [0, 0.1) is 0 Å². The first-order valence-electron chi connectivity index (χ1n) is 10.7. The molecule has 0 aromatic carbocycles. The summed E-state index contributed by atoms with van der Waals surface area (Å²) in [6, 6.07) is -0.803. The SMILES string of the molecule is C=CC(=O)OCCNC(=O)NCC[N+]1(C(=O)NCCOC(=O)C=C)CCC1[Si](OC)(OC)OC. The normalized spacial score (nSPS) is 19.2. The third kappa shape index (κ3) is 7.63. The van der Waals surface area contributed by atoms with Crippen LogP contribution in [-0.4, -0.2) is 110 Å². The zero-order valence-corrected chi connectivity index (χ0v) is 20.9. The number of likely N-dealkylation sites (tertiary alicyclic amines) is 1. The summed E-state index contributed by atoms with van der Waals surface area (Å²) in [5.41, 5.74) is -0.383. The van der Waals surface area contributed by atoms with Crippen molar-refractivity contribution in [3.05, 3.63) is 25.3 Å². The van der Waals surface area contributed by atoms with Crippen molar-refractivity contribution in [1.82, 2.24) is 16.0 Å². The fourth-order valence-corrected chi connectivity index (χ4v) is 6.43. The first kappa shape index (κ1) is 29.2. The van der Waals surface area contributed by atoms with Crippen LogP contribution >= 0.6 is 0 Å². The maximum absolute atomic E-state index is 13.2. The average molecular weight is 504 g/mol. The molecule has 0 aromatic rings. The number of nitrogens with zero attached hydrogens (tertiary/aromatic N) is 1. The predicted octanol–water partition coefficient (Wildman–Crippen LogP) is -0.540. The van der Waals surface area contributed by atoms with Crippen LogP contribution in [0.15, 0.2) is 25.3 Å². The van der Waals surface area contributed by atoms with Gasteiger partial charge in [0.15, 0.2) is 5.67 Å². The van der Waals surface area contributed by atoms with Crippen LogP contribution in [0.4, 0.5) is 9.59 Å². The molecule has 1 aliphatic heterocycles. The molecule has 2 unspecified atom stereocenters. The second-order valence-electron chi connectivity index (χ2n) is 7.16. The number of carbonyl (C=O) groups excluding carboxylic acids is 4. The molecule has 1 rings (SSSR count). The first-order chi connectivity index (χ1) is 16.2. The van der Waals surface area contributed by atoms with Gasteiger partial charge >= 0.3 is 32.8 Å². The Hall–Kier alpha value is -2.78. The molecule has 1 fully saturated rings. The lowest BCUT2D eigenvalue weighted by Gasteiger charge is -2.52. The van der Waals surface area contributed by atoms with Crippen LogP contribution < -0.4 is 16.0 Å². The molecule has 0 bridgehead atoms. The van der Waals surface area contributed by atoms with Crippen LogP contribution in [0.2, 0.25) is 0 Å². The number of quaternary nitrogens is 1. The van der Waals surface area contributed by atoms with Gasteiger partial charge in [-0.05, 0) is 0 Å². The molecule has 2 atom stereocenters. The molecule has 3 N–H and O–H groups in total. The van der Waals surface area contributed by atoms with Gasteiger partial charge in [-0.15, -0.1) is 0 Å². The Balaban J connectivity index is 2.75. The quantitative estimate of drug-likeness (QED) is 0.0880. The van der Waals surface area contributed by atoms with E-state index in [2.05, 4.69) is 29.1 Å². The van der Waals surface area contributed by atoms with Crippen molar-refractivity contribution in [3.8, 4) is 0 Å². The molecule has 0 radical (unpaired) electrons. The van der Waals surface area contributed by atoms with Crippen LogP contribution in [0.1, 0.15) is 6.42 Å². The summed E-state index contributed by atoms with van der Waals surface area (Å²) in [4.78, 5) is 47.5. The summed E-state index contributed by atoms with van der Waals surface area (Å²) in [6.45, 7) is 7.69. The zero-order valence-electron chi connectivity index (χ0n) is 19.9. The van der Waals surface area contributed by atoms with E-state index in [0.29, 0.717) is 13.0 Å². The number of nitrogens with one attached hydrogen (secondary N) is 3. The fourth-order valence-electron chi connectivity index (χ4n) is 3.65. The van der Waals surface area contributed by atoms with E-state index in [1.807, 2.05) is 0 Å². The standard InChI is InChI=1S/C20H34N4O9Si/c1-6-17(25)32-14-10-22-19(27)21-9-13-24(20(28)23-11-15-33-18(26)7-2)12-8-16(24)34(29-3,30-4)31-5/h6-7,16H,1-2,8-15H2,3-5H3,(H2-,21,22,23,27,28)/p+1. The lowest BCUT2D eigenvalue weighted by atomic mass is 10.1. The van der Waals surface area contributed by atoms with Gasteiger partial charge in [-0.2, -0.15) is 0 Å². The Morgan fingerprint density at radius 2 is 1.38 bits per heavy atom. The van der Waals surface area contributed by atoms with Crippen molar-refractivity contribution in [2.24, 2.45) is 0 Å². The summed E-state index contributed by atoms with van der Waals surface area (Å²) in [5.74, 6) is -1.16. The molecule has 1 heterocycles. The number of urea groups is 2. The van der Waals surface area contributed by atoms with Crippen LogP contribution in [-0.2, 0) is 32.3 Å². The lowest BCUT2D eigenvalue weighted by Crippen LogP contribution is -2.81. The Morgan fingerprint density at radius 3 is 1.82 bits per heavy atom. The van der Waals surface area contributed by atoms with Crippen molar-refractivity contribution >= 4 is 32.8 Å². The number of amides is 4. The Bertz CT molecular complexity index is 739. The molecule has 0 saturated carbocycles. The Morgan fingerprint density at radius 1 is 0.882 bits per heavy atom. The average Bonchev–Trinajstić information content (AvgIpc) is 2.84. The van der Waals surface area contributed by atoms with Gasteiger partial charge in [0, 0.05) is 33.5 Å². The van der Waals surface area contributed by atoms with E-state index >= 15 is 0 Å². The van der Waals surface area contributed by atoms with E-state index in [9.17, 15) is 19.2 Å². The van der Waals surface area contributed by atoms with Gasteiger partial charge in [0.1, 0.15) is 19.8 Å². The molecule has 0 aromatic heterocycles. The minimum atomic E-state index is -3.19. The molecule has 13 nitrogen and oxygen atoms in total. The topological polar surface area (TPSA) is 151 Å². The number of esters is 2. The minimum absolute atomic E-state index is 0.00280. The van der Waals surface area contributed by atoms with E-state index < -0.39 is 26.8 Å². The zero-order chi connectivity index (χ0) is 25.6. The third-order valence-electron chi connectivity index (χ3n) is 5.45. The van der Waals surface area contributed by atoms with Gasteiger partial charge in [0.25, 0.3) is 0 Å². The highest BCUT2D eigenvalue weighted by atomic mass is 28.4. The van der Waals surface area contributed by atoms with Gasteiger partial charge < -0.3 is 38.7 Å². The maximum Gasteiger partial charge on any atom is 0.562 e.